The molecule has 2 aromatic rings. The number of hydrogen-bond donors (Lipinski definition) is 3. The molecule has 0 saturated carbocycles. The number of amides is 1. The van der Waals surface area contributed by atoms with E-state index in [2.05, 4.69) is 22.3 Å². The van der Waals surface area contributed by atoms with Gasteiger partial charge >= 0.3 is 0 Å². The lowest BCUT2D eigenvalue weighted by Crippen LogP contribution is -2.33. The Morgan fingerprint density at radius 1 is 1.12 bits per heavy atom. The fourth-order valence-corrected chi connectivity index (χ4v) is 5.06. The number of thiophene rings is 2. The number of halogens is 1. The Bertz CT molecular complexity index is 745. The van der Waals surface area contributed by atoms with E-state index in [1.807, 2.05) is 17.5 Å². The minimum absolute atomic E-state index is 0. The van der Waals surface area contributed by atoms with E-state index in [0.717, 1.165) is 29.2 Å². The van der Waals surface area contributed by atoms with E-state index in [9.17, 15) is 13.2 Å². The molecule has 6 nitrogen and oxygen atoms in total. The Morgan fingerprint density at radius 3 is 2.60 bits per heavy atom. The average molecular weight is 424 g/mol. The van der Waals surface area contributed by atoms with Crippen LogP contribution in [-0.2, 0) is 16.6 Å². The third kappa shape index (κ3) is 6.69. The van der Waals surface area contributed by atoms with Crippen molar-refractivity contribution in [2.75, 3.05) is 19.6 Å². The Kier molecular flexibility index (Phi) is 9.62. The minimum atomic E-state index is -3.72. The molecule has 0 aromatic carbocycles. The minimum Gasteiger partial charge on any atom is -0.350 e. The van der Waals surface area contributed by atoms with E-state index in [1.165, 1.54) is 17.4 Å². The Labute approximate surface area is 162 Å². The molecule has 2 rings (SSSR count). The zero-order valence-corrected chi connectivity index (χ0v) is 17.0. The SMILES string of the molecule is CCCNCCNC(=O)c1sccc1S(=O)(=O)NCc1cccs1.Cl. The number of rotatable bonds is 10. The zero-order chi connectivity index (χ0) is 17.4. The van der Waals surface area contributed by atoms with E-state index in [1.54, 1.807) is 5.38 Å². The van der Waals surface area contributed by atoms with Gasteiger partial charge in [0.1, 0.15) is 9.77 Å². The lowest BCUT2D eigenvalue weighted by atomic mass is 10.4. The van der Waals surface area contributed by atoms with Crippen molar-refractivity contribution in [3.63, 3.8) is 0 Å². The maximum atomic E-state index is 12.4. The third-order valence-electron chi connectivity index (χ3n) is 3.16. The van der Waals surface area contributed by atoms with Gasteiger partial charge in [0.25, 0.3) is 5.91 Å². The van der Waals surface area contributed by atoms with E-state index in [4.69, 9.17) is 0 Å². The van der Waals surface area contributed by atoms with Gasteiger partial charge in [-0.05, 0) is 35.9 Å². The van der Waals surface area contributed by atoms with Crippen molar-refractivity contribution in [1.29, 1.82) is 0 Å². The van der Waals surface area contributed by atoms with E-state index in [0.29, 0.717) is 13.1 Å². The average Bonchev–Trinajstić information content (AvgIpc) is 3.24. The predicted octanol–water partition coefficient (Wildman–Crippen LogP) is 2.44. The summed E-state index contributed by atoms with van der Waals surface area (Å²) in [7, 11) is -3.72. The molecule has 0 unspecified atom stereocenters. The summed E-state index contributed by atoms with van der Waals surface area (Å²) in [5.41, 5.74) is 0. The molecule has 0 aliphatic heterocycles. The first-order chi connectivity index (χ1) is 11.5. The van der Waals surface area contributed by atoms with Gasteiger partial charge in [-0.3, -0.25) is 4.79 Å². The van der Waals surface area contributed by atoms with Crippen LogP contribution in [-0.4, -0.2) is 34.0 Å². The lowest BCUT2D eigenvalue weighted by molar-refractivity contribution is 0.0955. The van der Waals surface area contributed by atoms with Crippen LogP contribution in [0.15, 0.2) is 33.9 Å². The maximum Gasteiger partial charge on any atom is 0.262 e. The standard InChI is InChI=1S/C15H21N3O3S3.ClH/c1-2-6-16-7-8-17-15(19)14-13(5-10-23-14)24(20,21)18-11-12-4-3-9-22-12;/h3-5,9-10,16,18H,2,6-8,11H2,1H3,(H,17,19);1H. The fourth-order valence-electron chi connectivity index (χ4n) is 1.98. The van der Waals surface area contributed by atoms with E-state index >= 15 is 0 Å². The normalized spacial score (nSPS) is 11.1. The summed E-state index contributed by atoms with van der Waals surface area (Å²) in [5.74, 6) is -0.361. The van der Waals surface area contributed by atoms with Gasteiger partial charge in [0.05, 0.1) is 0 Å². The van der Waals surface area contributed by atoms with E-state index in [-0.39, 0.29) is 34.6 Å². The molecular formula is C15H22ClN3O3S3. The monoisotopic (exact) mass is 423 g/mol. The van der Waals surface area contributed by atoms with Gasteiger partial charge < -0.3 is 10.6 Å². The third-order valence-corrected chi connectivity index (χ3v) is 6.52. The molecule has 0 atom stereocenters. The van der Waals surface area contributed by atoms with Crippen LogP contribution in [0.4, 0.5) is 0 Å². The second kappa shape index (κ2) is 10.9. The highest BCUT2D eigenvalue weighted by atomic mass is 35.5. The number of nitrogens with one attached hydrogen (secondary N) is 3. The van der Waals surface area contributed by atoms with Crippen LogP contribution < -0.4 is 15.4 Å². The zero-order valence-electron chi connectivity index (χ0n) is 13.8. The molecule has 140 valence electrons. The van der Waals surface area contributed by atoms with Crippen molar-refractivity contribution >= 4 is 51.0 Å². The van der Waals surface area contributed by atoms with Crippen molar-refractivity contribution < 1.29 is 13.2 Å². The molecular weight excluding hydrogens is 402 g/mol. The summed E-state index contributed by atoms with van der Waals surface area (Å²) in [6.45, 7) is 4.29. The largest absolute Gasteiger partial charge is 0.350 e. The summed E-state index contributed by atoms with van der Waals surface area (Å²) in [4.78, 5) is 13.4. The first-order valence-electron chi connectivity index (χ1n) is 7.63. The van der Waals surface area contributed by atoms with Crippen LogP contribution in [0.1, 0.15) is 27.9 Å². The van der Waals surface area contributed by atoms with Crippen LogP contribution in [0.5, 0.6) is 0 Å². The van der Waals surface area contributed by atoms with Gasteiger partial charge in [0.15, 0.2) is 0 Å². The van der Waals surface area contributed by atoms with Gasteiger partial charge in [-0.2, -0.15) is 0 Å². The molecule has 0 spiro atoms. The van der Waals surface area contributed by atoms with Gasteiger partial charge in [0, 0.05) is 24.5 Å². The van der Waals surface area contributed by atoms with Crippen molar-refractivity contribution in [2.24, 2.45) is 0 Å². The molecule has 3 N–H and O–H groups in total. The van der Waals surface area contributed by atoms with Crippen molar-refractivity contribution in [1.82, 2.24) is 15.4 Å². The van der Waals surface area contributed by atoms with Crippen LogP contribution >= 0.6 is 35.1 Å². The summed E-state index contributed by atoms with van der Waals surface area (Å²) in [5, 5.41) is 9.42. The highest BCUT2D eigenvalue weighted by Gasteiger charge is 2.23. The van der Waals surface area contributed by atoms with Crippen LogP contribution in [0, 0.1) is 0 Å². The molecule has 0 aliphatic rings. The quantitative estimate of drug-likeness (QED) is 0.512. The second-order valence-corrected chi connectivity index (χ2v) is 8.71. The molecule has 1 amide bonds. The molecule has 2 aromatic heterocycles. The molecule has 0 saturated heterocycles. The first kappa shape index (κ1) is 22.1. The predicted molar refractivity (Wildman–Crippen MR) is 105 cm³/mol. The van der Waals surface area contributed by atoms with Gasteiger partial charge in [-0.25, -0.2) is 13.1 Å². The molecule has 25 heavy (non-hydrogen) atoms. The molecule has 0 aliphatic carbocycles. The number of hydrogen-bond acceptors (Lipinski definition) is 6. The van der Waals surface area contributed by atoms with Crippen LogP contribution in [0.25, 0.3) is 0 Å². The molecule has 0 fully saturated rings. The van der Waals surface area contributed by atoms with Gasteiger partial charge in [0.2, 0.25) is 10.0 Å². The molecule has 10 heteroatoms. The molecule has 0 bridgehead atoms. The summed E-state index contributed by atoms with van der Waals surface area (Å²) >= 11 is 2.61. The Balaban J connectivity index is 0.00000312. The van der Waals surface area contributed by atoms with Gasteiger partial charge in [-0.15, -0.1) is 35.1 Å². The Hall–Kier alpha value is -0.970. The lowest BCUT2D eigenvalue weighted by Gasteiger charge is -2.08. The Morgan fingerprint density at radius 2 is 1.92 bits per heavy atom. The smallest absolute Gasteiger partial charge is 0.262 e. The molecule has 0 radical (unpaired) electrons. The van der Waals surface area contributed by atoms with E-state index < -0.39 is 10.0 Å². The van der Waals surface area contributed by atoms with Crippen LogP contribution in [0.3, 0.4) is 0 Å². The topological polar surface area (TPSA) is 87.3 Å². The number of sulfonamides is 1. The van der Waals surface area contributed by atoms with Crippen molar-refractivity contribution in [3.05, 3.63) is 38.7 Å². The summed E-state index contributed by atoms with van der Waals surface area (Å²) in [6.07, 6.45) is 1.02. The summed E-state index contributed by atoms with van der Waals surface area (Å²) < 4.78 is 27.4. The fraction of sp³-hybridized carbons (Fsp3) is 0.400. The summed E-state index contributed by atoms with van der Waals surface area (Å²) in [6, 6.07) is 5.19. The number of carbonyl (C=O) groups is 1. The van der Waals surface area contributed by atoms with Crippen molar-refractivity contribution in [2.45, 2.75) is 24.8 Å². The first-order valence-corrected chi connectivity index (χ1v) is 10.9. The maximum absolute atomic E-state index is 12.4. The van der Waals surface area contributed by atoms with Crippen molar-refractivity contribution in [3.8, 4) is 0 Å². The van der Waals surface area contributed by atoms with Crippen LogP contribution in [0.2, 0.25) is 0 Å². The second-order valence-electron chi connectivity index (χ2n) is 5.02. The van der Waals surface area contributed by atoms with Gasteiger partial charge in [-0.1, -0.05) is 13.0 Å². The highest BCUT2D eigenvalue weighted by molar-refractivity contribution is 7.89. The highest BCUT2D eigenvalue weighted by Crippen LogP contribution is 2.22. The number of carbonyl (C=O) groups excluding carboxylic acids is 1. The molecule has 2 heterocycles.